The maximum Gasteiger partial charge on any atom is 0.255 e. The zero-order valence-electron chi connectivity index (χ0n) is 21.0. The second kappa shape index (κ2) is 11.1. The molecule has 2 N–H and O–H groups in total. The molecule has 0 spiro atoms. The van der Waals surface area contributed by atoms with Gasteiger partial charge in [0.2, 0.25) is 0 Å². The molecule has 0 radical (unpaired) electrons. The van der Waals surface area contributed by atoms with Crippen LogP contribution < -0.4 is 15.0 Å². The Morgan fingerprint density at radius 1 is 1.03 bits per heavy atom. The molecule has 2 aromatic carbocycles. The van der Waals surface area contributed by atoms with Gasteiger partial charge in [0.25, 0.3) is 5.91 Å². The number of benzene rings is 2. The van der Waals surface area contributed by atoms with Gasteiger partial charge in [0.05, 0.1) is 24.2 Å². The zero-order valence-corrected chi connectivity index (χ0v) is 21.8. The molecule has 4 aromatic rings. The molecular weight excluding hydrogens is 486 g/mol. The Labute approximate surface area is 222 Å². The lowest BCUT2D eigenvalue weighted by atomic mass is 10.1. The van der Waals surface area contributed by atoms with Crippen LogP contribution in [-0.2, 0) is 6.54 Å². The SMILES string of the molecule is COc1ccccc1N1CCN(Cc2c(C)[nH]c(-c3ccc(Cl)cc3)c2NC(=O)c2ccncc2)CC1. The van der Waals surface area contributed by atoms with Crippen LogP contribution in [0.5, 0.6) is 5.75 Å². The molecule has 1 amide bonds. The molecular formula is C29H30ClN5O2. The number of carbonyl (C=O) groups excluding carboxylic acids is 1. The van der Waals surface area contributed by atoms with Gasteiger partial charge in [0.1, 0.15) is 5.75 Å². The molecule has 1 saturated heterocycles. The van der Waals surface area contributed by atoms with Crippen molar-refractivity contribution in [3.8, 4) is 17.0 Å². The monoisotopic (exact) mass is 515 g/mol. The number of H-pyrrole nitrogens is 1. The van der Waals surface area contributed by atoms with E-state index in [9.17, 15) is 4.79 Å². The highest BCUT2D eigenvalue weighted by Gasteiger charge is 2.24. The van der Waals surface area contributed by atoms with Crippen LogP contribution in [0.15, 0.2) is 73.1 Å². The number of piperazine rings is 1. The van der Waals surface area contributed by atoms with E-state index in [0.29, 0.717) is 10.6 Å². The van der Waals surface area contributed by atoms with Crippen LogP contribution >= 0.6 is 11.6 Å². The summed E-state index contributed by atoms with van der Waals surface area (Å²) in [6.45, 7) is 6.37. The topological polar surface area (TPSA) is 73.5 Å². The second-order valence-corrected chi connectivity index (χ2v) is 9.55. The van der Waals surface area contributed by atoms with Crippen LogP contribution in [0.1, 0.15) is 21.6 Å². The van der Waals surface area contributed by atoms with Gasteiger partial charge in [-0.05, 0) is 43.3 Å². The molecule has 8 heteroatoms. The van der Waals surface area contributed by atoms with E-state index >= 15 is 0 Å². The fourth-order valence-corrected chi connectivity index (χ4v) is 4.91. The third-order valence-electron chi connectivity index (χ3n) is 6.81. The summed E-state index contributed by atoms with van der Waals surface area (Å²) in [7, 11) is 1.71. The van der Waals surface area contributed by atoms with Crippen molar-refractivity contribution in [2.75, 3.05) is 43.5 Å². The molecule has 2 aromatic heterocycles. The maximum atomic E-state index is 13.2. The van der Waals surface area contributed by atoms with Crippen LogP contribution in [0.3, 0.4) is 0 Å². The van der Waals surface area contributed by atoms with Gasteiger partial charge in [-0.3, -0.25) is 14.7 Å². The normalized spacial score (nSPS) is 14.0. The van der Waals surface area contributed by atoms with Crippen molar-refractivity contribution < 1.29 is 9.53 Å². The molecule has 190 valence electrons. The minimum Gasteiger partial charge on any atom is -0.495 e. The van der Waals surface area contributed by atoms with Crippen LogP contribution in [0.25, 0.3) is 11.3 Å². The molecule has 0 saturated carbocycles. The first-order valence-electron chi connectivity index (χ1n) is 12.3. The van der Waals surface area contributed by atoms with Gasteiger partial charge in [0.15, 0.2) is 0 Å². The highest BCUT2D eigenvalue weighted by atomic mass is 35.5. The molecule has 1 aliphatic rings. The molecule has 1 fully saturated rings. The van der Waals surface area contributed by atoms with Crippen molar-refractivity contribution in [3.05, 3.63) is 94.9 Å². The maximum absolute atomic E-state index is 13.2. The van der Waals surface area contributed by atoms with Crippen LogP contribution in [0.2, 0.25) is 5.02 Å². The lowest BCUT2D eigenvalue weighted by Gasteiger charge is -2.36. The first kappa shape index (κ1) is 24.9. The van der Waals surface area contributed by atoms with Gasteiger partial charge in [-0.15, -0.1) is 0 Å². The third-order valence-corrected chi connectivity index (χ3v) is 7.06. The van der Waals surface area contributed by atoms with Crippen LogP contribution in [-0.4, -0.2) is 54.1 Å². The van der Waals surface area contributed by atoms with E-state index in [4.69, 9.17) is 16.3 Å². The molecule has 0 atom stereocenters. The summed E-state index contributed by atoms with van der Waals surface area (Å²) >= 11 is 6.14. The summed E-state index contributed by atoms with van der Waals surface area (Å²) in [5.41, 5.74) is 6.43. The number of nitrogens with zero attached hydrogens (tertiary/aromatic N) is 3. The van der Waals surface area contributed by atoms with Crippen molar-refractivity contribution >= 4 is 28.9 Å². The number of aromatic amines is 1. The Hall–Kier alpha value is -3.81. The van der Waals surface area contributed by atoms with Gasteiger partial charge in [-0.2, -0.15) is 0 Å². The number of aromatic nitrogens is 2. The van der Waals surface area contributed by atoms with E-state index in [0.717, 1.165) is 72.4 Å². The van der Waals surface area contributed by atoms with Gasteiger partial charge in [-0.1, -0.05) is 35.9 Å². The quantitative estimate of drug-likeness (QED) is 0.334. The molecule has 1 aliphatic heterocycles. The number of amides is 1. The molecule has 37 heavy (non-hydrogen) atoms. The number of anilines is 2. The summed E-state index contributed by atoms with van der Waals surface area (Å²) in [6, 6.07) is 19.2. The number of ether oxygens (including phenoxy) is 1. The van der Waals surface area contributed by atoms with Crippen LogP contribution in [0, 0.1) is 6.92 Å². The first-order chi connectivity index (χ1) is 18.0. The minimum absolute atomic E-state index is 0.168. The zero-order chi connectivity index (χ0) is 25.8. The number of rotatable bonds is 7. The number of methoxy groups -OCH3 is 1. The average Bonchev–Trinajstić information content (AvgIpc) is 3.24. The van der Waals surface area contributed by atoms with E-state index in [-0.39, 0.29) is 5.91 Å². The smallest absolute Gasteiger partial charge is 0.255 e. The molecule has 3 heterocycles. The Kier molecular flexibility index (Phi) is 7.44. The number of carbonyl (C=O) groups is 1. The Morgan fingerprint density at radius 3 is 2.43 bits per heavy atom. The van der Waals surface area contributed by atoms with E-state index in [1.54, 1.807) is 31.6 Å². The second-order valence-electron chi connectivity index (χ2n) is 9.11. The minimum atomic E-state index is -0.168. The highest BCUT2D eigenvalue weighted by Crippen LogP contribution is 2.35. The first-order valence-corrected chi connectivity index (χ1v) is 12.7. The van der Waals surface area contributed by atoms with Gasteiger partial charge in [0, 0.05) is 72.5 Å². The Morgan fingerprint density at radius 2 is 1.73 bits per heavy atom. The molecule has 7 nitrogen and oxygen atoms in total. The third kappa shape index (κ3) is 5.48. The lowest BCUT2D eigenvalue weighted by molar-refractivity contribution is 0.102. The van der Waals surface area contributed by atoms with E-state index < -0.39 is 0 Å². The van der Waals surface area contributed by atoms with E-state index in [2.05, 4.69) is 38.1 Å². The van der Waals surface area contributed by atoms with Crippen molar-refractivity contribution in [1.29, 1.82) is 0 Å². The molecule has 0 aliphatic carbocycles. The summed E-state index contributed by atoms with van der Waals surface area (Å²) in [4.78, 5) is 25.5. The fraction of sp³-hybridized carbons (Fsp3) is 0.241. The number of nitrogens with one attached hydrogen (secondary N) is 2. The summed E-state index contributed by atoms with van der Waals surface area (Å²) in [5.74, 6) is 0.727. The number of hydrogen-bond donors (Lipinski definition) is 2. The number of aryl methyl sites for hydroxylation is 1. The van der Waals surface area contributed by atoms with Crippen molar-refractivity contribution in [1.82, 2.24) is 14.9 Å². The van der Waals surface area contributed by atoms with Gasteiger partial charge >= 0.3 is 0 Å². The Bertz CT molecular complexity index is 1360. The summed E-state index contributed by atoms with van der Waals surface area (Å²) < 4.78 is 5.57. The predicted octanol–water partition coefficient (Wildman–Crippen LogP) is 5.62. The van der Waals surface area contributed by atoms with Gasteiger partial charge in [-0.25, -0.2) is 0 Å². The summed E-state index contributed by atoms with van der Waals surface area (Å²) in [5, 5.41) is 3.85. The molecule has 0 bridgehead atoms. The highest BCUT2D eigenvalue weighted by molar-refractivity contribution is 6.30. The summed E-state index contributed by atoms with van der Waals surface area (Å²) in [6.07, 6.45) is 3.25. The van der Waals surface area contributed by atoms with Crippen molar-refractivity contribution in [3.63, 3.8) is 0 Å². The van der Waals surface area contributed by atoms with Crippen LogP contribution in [0.4, 0.5) is 11.4 Å². The Balaban J connectivity index is 1.39. The lowest BCUT2D eigenvalue weighted by Crippen LogP contribution is -2.46. The fourth-order valence-electron chi connectivity index (χ4n) is 4.78. The van der Waals surface area contributed by atoms with E-state index in [1.807, 2.05) is 42.5 Å². The number of halogens is 1. The van der Waals surface area contributed by atoms with Crippen molar-refractivity contribution in [2.45, 2.75) is 13.5 Å². The predicted molar refractivity (Wildman–Crippen MR) is 149 cm³/mol. The molecule has 0 unspecified atom stereocenters. The number of pyridine rings is 1. The standard InChI is InChI=1S/C29H30ClN5O2/c1-20-24(19-34-15-17-35(18-16-34)25-5-3-4-6-26(25)37-2)28(33-29(36)22-11-13-31-14-12-22)27(32-20)21-7-9-23(30)10-8-21/h3-14,32H,15-19H2,1-2H3,(H,33,36). The number of hydrogen-bond acceptors (Lipinski definition) is 5. The average molecular weight is 516 g/mol. The number of para-hydroxylation sites is 2. The van der Waals surface area contributed by atoms with Gasteiger partial charge < -0.3 is 19.9 Å². The molecule has 5 rings (SSSR count). The van der Waals surface area contributed by atoms with Crippen molar-refractivity contribution in [2.24, 2.45) is 0 Å². The largest absolute Gasteiger partial charge is 0.495 e. The van der Waals surface area contributed by atoms with E-state index in [1.165, 1.54) is 0 Å².